The molecule has 0 bridgehead atoms. The van der Waals surface area contributed by atoms with E-state index in [9.17, 15) is 9.59 Å². The van der Waals surface area contributed by atoms with Crippen molar-refractivity contribution in [2.75, 3.05) is 10.2 Å². The number of hydrogen-bond donors (Lipinski definition) is 1. The second-order valence-electron chi connectivity index (χ2n) is 7.96. The van der Waals surface area contributed by atoms with Crippen molar-refractivity contribution in [3.05, 3.63) is 77.2 Å². The number of benzene rings is 1. The monoisotopic (exact) mass is 458 g/mol. The molecule has 2 amide bonds. The van der Waals surface area contributed by atoms with Crippen molar-refractivity contribution in [1.82, 2.24) is 14.4 Å². The number of nitrogens with zero attached hydrogens (tertiary/aromatic N) is 5. The van der Waals surface area contributed by atoms with E-state index in [0.717, 1.165) is 11.2 Å². The number of rotatable bonds is 7. The molecule has 166 valence electrons. The van der Waals surface area contributed by atoms with Gasteiger partial charge in [0.1, 0.15) is 10.5 Å². The van der Waals surface area contributed by atoms with Crippen LogP contribution in [0.2, 0.25) is 0 Å². The number of carbonyl (C=O) groups is 2. The fourth-order valence-corrected chi connectivity index (χ4v) is 4.10. The standard InChI is InChI=1S/C24H22N6O2S/c1-16(2)11-22(31)30(14-18-5-3-17(12-25)4-6-18)24-27-13-20(33-24)23(32)28-19-7-8-21-26-9-10-29(21)15-19/h3-10,13,15-16H,11,14H2,1-2H3,(H,28,32). The van der Waals surface area contributed by atoms with Crippen molar-refractivity contribution in [3.8, 4) is 6.07 Å². The van der Waals surface area contributed by atoms with Crippen molar-refractivity contribution >= 4 is 39.6 Å². The highest BCUT2D eigenvalue weighted by Gasteiger charge is 2.22. The zero-order valence-corrected chi connectivity index (χ0v) is 19.0. The summed E-state index contributed by atoms with van der Waals surface area (Å²) in [6, 6.07) is 12.8. The Morgan fingerprint density at radius 1 is 1.18 bits per heavy atom. The molecule has 1 N–H and O–H groups in total. The number of fused-ring (bicyclic) bond motifs is 1. The molecule has 0 saturated carbocycles. The number of thiazole rings is 1. The second-order valence-corrected chi connectivity index (χ2v) is 8.97. The molecule has 0 unspecified atom stereocenters. The van der Waals surface area contributed by atoms with Gasteiger partial charge in [0.25, 0.3) is 5.91 Å². The molecule has 0 atom stereocenters. The largest absolute Gasteiger partial charge is 0.320 e. The van der Waals surface area contributed by atoms with Gasteiger partial charge in [-0.15, -0.1) is 0 Å². The predicted molar refractivity (Wildman–Crippen MR) is 127 cm³/mol. The van der Waals surface area contributed by atoms with Crippen molar-refractivity contribution in [1.29, 1.82) is 5.26 Å². The third-order valence-corrected chi connectivity index (χ3v) is 5.92. The van der Waals surface area contributed by atoms with Gasteiger partial charge >= 0.3 is 0 Å². The average Bonchev–Trinajstić information content (AvgIpc) is 3.47. The summed E-state index contributed by atoms with van der Waals surface area (Å²) >= 11 is 1.17. The van der Waals surface area contributed by atoms with Crippen molar-refractivity contribution in [2.24, 2.45) is 5.92 Å². The molecule has 0 aliphatic carbocycles. The summed E-state index contributed by atoms with van der Waals surface area (Å²) in [5.74, 6) is -0.184. The second kappa shape index (κ2) is 9.63. The van der Waals surface area contributed by atoms with Crippen molar-refractivity contribution in [2.45, 2.75) is 26.8 Å². The highest BCUT2D eigenvalue weighted by molar-refractivity contribution is 7.17. The van der Waals surface area contributed by atoms with Crippen LogP contribution in [0.1, 0.15) is 41.1 Å². The molecular weight excluding hydrogens is 436 g/mol. The van der Waals surface area contributed by atoms with E-state index in [2.05, 4.69) is 21.4 Å². The molecule has 0 spiro atoms. The van der Waals surface area contributed by atoms with Crippen LogP contribution in [-0.4, -0.2) is 26.2 Å². The first-order chi connectivity index (χ1) is 15.9. The van der Waals surface area contributed by atoms with Crippen LogP contribution < -0.4 is 10.2 Å². The normalized spacial score (nSPS) is 10.8. The van der Waals surface area contributed by atoms with Gasteiger partial charge in [0.2, 0.25) is 5.91 Å². The van der Waals surface area contributed by atoms with E-state index in [1.54, 1.807) is 41.7 Å². The Kier molecular flexibility index (Phi) is 6.47. The zero-order chi connectivity index (χ0) is 23.4. The highest BCUT2D eigenvalue weighted by atomic mass is 32.1. The number of nitrogens with one attached hydrogen (secondary N) is 1. The molecule has 4 aromatic rings. The summed E-state index contributed by atoms with van der Waals surface area (Å²) in [5, 5.41) is 12.3. The first-order valence-corrected chi connectivity index (χ1v) is 11.2. The number of anilines is 2. The highest BCUT2D eigenvalue weighted by Crippen LogP contribution is 2.27. The van der Waals surface area contributed by atoms with Crippen LogP contribution in [0.3, 0.4) is 0 Å². The van der Waals surface area contributed by atoms with Crippen LogP contribution in [0, 0.1) is 17.2 Å². The molecule has 0 fully saturated rings. The van der Waals surface area contributed by atoms with Gasteiger partial charge in [0.05, 0.1) is 30.1 Å². The number of hydrogen-bond acceptors (Lipinski definition) is 6. The minimum absolute atomic E-state index is 0.0683. The Morgan fingerprint density at radius 2 is 1.97 bits per heavy atom. The Bertz CT molecular complexity index is 1330. The third kappa shape index (κ3) is 5.25. The molecule has 3 heterocycles. The van der Waals surface area contributed by atoms with E-state index in [-0.39, 0.29) is 17.7 Å². The van der Waals surface area contributed by atoms with E-state index < -0.39 is 0 Å². The van der Waals surface area contributed by atoms with Crippen LogP contribution in [0.4, 0.5) is 10.8 Å². The molecule has 0 radical (unpaired) electrons. The number of pyridine rings is 1. The number of imidazole rings is 1. The van der Waals surface area contributed by atoms with Crippen molar-refractivity contribution < 1.29 is 9.59 Å². The number of aromatic nitrogens is 3. The molecule has 33 heavy (non-hydrogen) atoms. The molecule has 9 heteroatoms. The van der Waals surface area contributed by atoms with Gasteiger partial charge in [-0.05, 0) is 35.7 Å². The van der Waals surface area contributed by atoms with Crippen molar-refractivity contribution in [3.63, 3.8) is 0 Å². The van der Waals surface area contributed by atoms with Gasteiger partial charge in [-0.2, -0.15) is 5.26 Å². The van der Waals surface area contributed by atoms with Gasteiger partial charge in [-0.3, -0.25) is 14.5 Å². The summed E-state index contributed by atoms with van der Waals surface area (Å²) in [7, 11) is 0. The molecule has 1 aromatic carbocycles. The minimum Gasteiger partial charge on any atom is -0.320 e. The maximum Gasteiger partial charge on any atom is 0.267 e. The van der Waals surface area contributed by atoms with Crippen LogP contribution >= 0.6 is 11.3 Å². The smallest absolute Gasteiger partial charge is 0.267 e. The Balaban J connectivity index is 1.54. The lowest BCUT2D eigenvalue weighted by atomic mass is 10.1. The third-order valence-electron chi connectivity index (χ3n) is 4.90. The van der Waals surface area contributed by atoms with Crippen LogP contribution in [0.5, 0.6) is 0 Å². The fraction of sp³-hybridized carbons (Fsp3) is 0.208. The molecule has 0 aliphatic rings. The zero-order valence-electron chi connectivity index (χ0n) is 18.2. The first kappa shape index (κ1) is 22.2. The summed E-state index contributed by atoms with van der Waals surface area (Å²) in [4.78, 5) is 36.3. The quantitative estimate of drug-likeness (QED) is 0.439. The van der Waals surface area contributed by atoms with Crippen LogP contribution in [0.25, 0.3) is 5.65 Å². The van der Waals surface area contributed by atoms with Crippen LogP contribution in [0.15, 0.2) is 61.2 Å². The molecule has 0 saturated heterocycles. The Labute approximate surface area is 195 Å². The molecule has 0 aliphatic heterocycles. The minimum atomic E-state index is -0.298. The van der Waals surface area contributed by atoms with E-state index >= 15 is 0 Å². The van der Waals surface area contributed by atoms with Gasteiger partial charge < -0.3 is 9.72 Å². The van der Waals surface area contributed by atoms with Gasteiger partial charge in [0.15, 0.2) is 5.13 Å². The topological polar surface area (TPSA) is 103 Å². The molecule has 8 nitrogen and oxygen atoms in total. The number of amides is 2. The summed E-state index contributed by atoms with van der Waals surface area (Å²) in [5.41, 5.74) is 2.85. The maximum atomic E-state index is 13.0. The number of nitriles is 1. The average molecular weight is 459 g/mol. The summed E-state index contributed by atoms with van der Waals surface area (Å²) < 4.78 is 1.82. The summed E-state index contributed by atoms with van der Waals surface area (Å²) in [6.07, 6.45) is 7.12. The maximum absolute atomic E-state index is 13.0. The SMILES string of the molecule is CC(C)CC(=O)N(Cc1ccc(C#N)cc1)c1ncc(C(=O)Nc2ccc3nccn3c2)s1. The lowest BCUT2D eigenvalue weighted by Crippen LogP contribution is -2.31. The molecule has 4 rings (SSSR count). The summed E-state index contributed by atoms with van der Waals surface area (Å²) in [6.45, 7) is 4.27. The van der Waals surface area contributed by atoms with Gasteiger partial charge in [-0.25, -0.2) is 9.97 Å². The first-order valence-electron chi connectivity index (χ1n) is 10.4. The Morgan fingerprint density at radius 3 is 2.70 bits per heavy atom. The molecule has 3 aromatic heterocycles. The predicted octanol–water partition coefficient (Wildman–Crippen LogP) is 4.49. The van der Waals surface area contributed by atoms with Gasteiger partial charge in [0, 0.05) is 25.0 Å². The number of carbonyl (C=O) groups excluding carboxylic acids is 2. The Hall–Kier alpha value is -4.03. The van der Waals surface area contributed by atoms with E-state index in [4.69, 9.17) is 5.26 Å². The lowest BCUT2D eigenvalue weighted by Gasteiger charge is -2.21. The fourth-order valence-electron chi connectivity index (χ4n) is 3.27. The molecular formula is C24H22N6O2S. The van der Waals surface area contributed by atoms with Crippen LogP contribution in [-0.2, 0) is 11.3 Å². The van der Waals surface area contributed by atoms with E-state index in [0.29, 0.717) is 34.2 Å². The lowest BCUT2D eigenvalue weighted by molar-refractivity contribution is -0.119. The van der Waals surface area contributed by atoms with E-state index in [1.807, 2.05) is 36.4 Å². The van der Waals surface area contributed by atoms with Gasteiger partial charge in [-0.1, -0.05) is 37.3 Å². The van der Waals surface area contributed by atoms with E-state index in [1.165, 1.54) is 17.5 Å².